The highest BCUT2D eigenvalue weighted by molar-refractivity contribution is 7.91. The second-order valence-corrected chi connectivity index (χ2v) is 7.44. The van der Waals surface area contributed by atoms with Crippen molar-refractivity contribution < 1.29 is 12.8 Å². The fraction of sp³-hybridized carbons (Fsp3) is 0.571. The van der Waals surface area contributed by atoms with E-state index in [1.54, 1.807) is 13.0 Å². The van der Waals surface area contributed by atoms with Crippen LogP contribution in [0.15, 0.2) is 18.2 Å². The van der Waals surface area contributed by atoms with Crippen molar-refractivity contribution in [1.29, 1.82) is 0 Å². The topological polar surface area (TPSA) is 46.2 Å². The first-order chi connectivity index (χ1) is 8.93. The predicted octanol–water partition coefficient (Wildman–Crippen LogP) is 2.22. The summed E-state index contributed by atoms with van der Waals surface area (Å²) in [7, 11) is -2.92. The Kier molecular flexibility index (Phi) is 4.26. The quantitative estimate of drug-likeness (QED) is 0.922. The third-order valence-corrected chi connectivity index (χ3v) is 5.51. The molecule has 1 saturated heterocycles. The smallest absolute Gasteiger partial charge is 0.150 e. The summed E-state index contributed by atoms with van der Waals surface area (Å²) in [6, 6.07) is 5.07. The van der Waals surface area contributed by atoms with Crippen LogP contribution in [0, 0.1) is 18.7 Å². The molecule has 1 N–H and O–H groups in total. The number of halogens is 1. The SMILES string of the molecule is CCNC(c1ccc(C)c(F)c1)C1CCS(=O)(=O)C1. The van der Waals surface area contributed by atoms with E-state index in [0.29, 0.717) is 12.0 Å². The average molecular weight is 285 g/mol. The van der Waals surface area contributed by atoms with Gasteiger partial charge in [0.25, 0.3) is 0 Å². The molecule has 0 bridgehead atoms. The number of hydrogen-bond acceptors (Lipinski definition) is 3. The second kappa shape index (κ2) is 5.59. The Labute approximate surface area is 114 Å². The van der Waals surface area contributed by atoms with Crippen LogP contribution < -0.4 is 5.32 Å². The molecule has 106 valence electrons. The molecule has 19 heavy (non-hydrogen) atoms. The molecule has 0 aliphatic carbocycles. The number of aryl methyl sites for hydroxylation is 1. The molecular formula is C14H20FNO2S. The Hall–Kier alpha value is -0.940. The highest BCUT2D eigenvalue weighted by Gasteiger charge is 2.34. The lowest BCUT2D eigenvalue weighted by atomic mass is 9.92. The van der Waals surface area contributed by atoms with Gasteiger partial charge < -0.3 is 5.32 Å². The zero-order chi connectivity index (χ0) is 14.0. The molecule has 1 aromatic rings. The first kappa shape index (κ1) is 14.5. The summed E-state index contributed by atoms with van der Waals surface area (Å²) in [5.41, 5.74) is 1.45. The van der Waals surface area contributed by atoms with E-state index in [-0.39, 0.29) is 29.3 Å². The normalized spacial score (nSPS) is 23.4. The molecular weight excluding hydrogens is 265 g/mol. The maximum atomic E-state index is 13.7. The molecule has 1 aliphatic rings. The summed E-state index contributed by atoms with van der Waals surface area (Å²) in [6.07, 6.45) is 0.648. The van der Waals surface area contributed by atoms with Crippen molar-refractivity contribution in [2.24, 2.45) is 5.92 Å². The Morgan fingerprint density at radius 1 is 1.47 bits per heavy atom. The van der Waals surface area contributed by atoms with Crippen LogP contribution in [0.5, 0.6) is 0 Å². The lowest BCUT2D eigenvalue weighted by molar-refractivity contribution is 0.398. The number of hydrogen-bond donors (Lipinski definition) is 1. The molecule has 0 spiro atoms. The van der Waals surface area contributed by atoms with Crippen LogP contribution in [0.3, 0.4) is 0 Å². The molecule has 0 aromatic heterocycles. The van der Waals surface area contributed by atoms with Gasteiger partial charge in [0.2, 0.25) is 0 Å². The minimum absolute atomic E-state index is 0.0343. The lowest BCUT2D eigenvalue weighted by Gasteiger charge is -2.24. The first-order valence-electron chi connectivity index (χ1n) is 6.63. The van der Waals surface area contributed by atoms with E-state index in [1.807, 2.05) is 13.0 Å². The summed E-state index contributed by atoms with van der Waals surface area (Å²) < 4.78 is 36.9. The summed E-state index contributed by atoms with van der Waals surface area (Å²) >= 11 is 0. The van der Waals surface area contributed by atoms with E-state index >= 15 is 0 Å². The molecule has 0 amide bonds. The van der Waals surface area contributed by atoms with E-state index in [1.165, 1.54) is 6.07 Å². The van der Waals surface area contributed by atoms with Crippen molar-refractivity contribution >= 4 is 9.84 Å². The van der Waals surface area contributed by atoms with Crippen LogP contribution in [0.1, 0.15) is 30.5 Å². The summed E-state index contributed by atoms with van der Waals surface area (Å²) in [5.74, 6) is 0.238. The highest BCUT2D eigenvalue weighted by Crippen LogP contribution is 2.32. The predicted molar refractivity (Wildman–Crippen MR) is 74.3 cm³/mol. The lowest BCUT2D eigenvalue weighted by Crippen LogP contribution is -2.29. The third kappa shape index (κ3) is 3.34. The molecule has 1 heterocycles. The summed E-state index contributed by atoms with van der Waals surface area (Å²) in [4.78, 5) is 0. The Bertz CT molecular complexity index is 557. The van der Waals surface area contributed by atoms with Gasteiger partial charge in [-0.15, -0.1) is 0 Å². The fourth-order valence-electron chi connectivity index (χ4n) is 2.67. The molecule has 2 rings (SSSR count). The van der Waals surface area contributed by atoms with Crippen LogP contribution in [0.25, 0.3) is 0 Å². The molecule has 1 fully saturated rings. The monoisotopic (exact) mass is 285 g/mol. The van der Waals surface area contributed by atoms with E-state index < -0.39 is 9.84 Å². The number of rotatable bonds is 4. The molecule has 0 radical (unpaired) electrons. The van der Waals surface area contributed by atoms with Crippen molar-refractivity contribution in [3.05, 3.63) is 35.1 Å². The third-order valence-electron chi connectivity index (χ3n) is 3.72. The van der Waals surface area contributed by atoms with Crippen molar-refractivity contribution in [1.82, 2.24) is 5.32 Å². The zero-order valence-electron chi connectivity index (χ0n) is 11.3. The largest absolute Gasteiger partial charge is 0.310 e. The average Bonchev–Trinajstić information content (AvgIpc) is 2.70. The van der Waals surface area contributed by atoms with Crippen LogP contribution >= 0.6 is 0 Å². The highest BCUT2D eigenvalue weighted by atomic mass is 32.2. The van der Waals surface area contributed by atoms with Gasteiger partial charge in [-0.2, -0.15) is 0 Å². The van der Waals surface area contributed by atoms with Gasteiger partial charge in [0, 0.05) is 6.04 Å². The van der Waals surface area contributed by atoms with Gasteiger partial charge >= 0.3 is 0 Å². The van der Waals surface area contributed by atoms with Gasteiger partial charge in [0.15, 0.2) is 9.84 Å². The van der Waals surface area contributed by atoms with Gasteiger partial charge in [-0.1, -0.05) is 19.1 Å². The van der Waals surface area contributed by atoms with Gasteiger partial charge in [-0.25, -0.2) is 12.8 Å². The van der Waals surface area contributed by atoms with Crippen molar-refractivity contribution in [3.8, 4) is 0 Å². The first-order valence-corrected chi connectivity index (χ1v) is 8.45. The molecule has 0 saturated carbocycles. The molecule has 3 nitrogen and oxygen atoms in total. The van der Waals surface area contributed by atoms with E-state index in [2.05, 4.69) is 5.32 Å². The Morgan fingerprint density at radius 3 is 2.74 bits per heavy atom. The van der Waals surface area contributed by atoms with Gasteiger partial charge in [0.05, 0.1) is 11.5 Å². The molecule has 1 aliphatic heterocycles. The van der Waals surface area contributed by atoms with E-state index in [0.717, 1.165) is 12.1 Å². The Balaban J connectivity index is 2.27. The van der Waals surface area contributed by atoms with Crippen molar-refractivity contribution in [3.63, 3.8) is 0 Å². The van der Waals surface area contributed by atoms with Crippen molar-refractivity contribution in [2.45, 2.75) is 26.3 Å². The standard InChI is InChI=1S/C14H20FNO2S/c1-3-16-14(12-6-7-19(17,18)9-12)11-5-4-10(2)13(15)8-11/h4-5,8,12,14,16H,3,6-7,9H2,1-2H3. The van der Waals surface area contributed by atoms with Gasteiger partial charge in [0.1, 0.15) is 5.82 Å². The van der Waals surface area contributed by atoms with Gasteiger partial charge in [-0.05, 0) is 43.0 Å². The van der Waals surface area contributed by atoms with Crippen LogP contribution in [0.4, 0.5) is 4.39 Å². The minimum Gasteiger partial charge on any atom is -0.310 e. The van der Waals surface area contributed by atoms with Crippen molar-refractivity contribution in [2.75, 3.05) is 18.1 Å². The number of nitrogens with one attached hydrogen (secondary N) is 1. The summed E-state index contributed by atoms with van der Waals surface area (Å²) in [5, 5.41) is 3.29. The zero-order valence-corrected chi connectivity index (χ0v) is 12.1. The maximum absolute atomic E-state index is 13.7. The van der Waals surface area contributed by atoms with Crippen LogP contribution in [-0.2, 0) is 9.84 Å². The number of benzene rings is 1. The number of sulfone groups is 1. The Morgan fingerprint density at radius 2 is 2.21 bits per heavy atom. The van der Waals surface area contributed by atoms with Crippen LogP contribution in [0.2, 0.25) is 0 Å². The fourth-order valence-corrected chi connectivity index (χ4v) is 4.51. The minimum atomic E-state index is -2.92. The molecule has 2 unspecified atom stereocenters. The maximum Gasteiger partial charge on any atom is 0.150 e. The van der Waals surface area contributed by atoms with Gasteiger partial charge in [-0.3, -0.25) is 0 Å². The molecule has 2 atom stereocenters. The second-order valence-electron chi connectivity index (χ2n) is 5.21. The molecule has 1 aromatic carbocycles. The summed E-state index contributed by atoms with van der Waals surface area (Å²) in [6.45, 7) is 4.43. The van der Waals surface area contributed by atoms with E-state index in [9.17, 15) is 12.8 Å². The van der Waals surface area contributed by atoms with Crippen LogP contribution in [-0.4, -0.2) is 26.5 Å². The molecule has 5 heteroatoms. The van der Waals surface area contributed by atoms with E-state index in [4.69, 9.17) is 0 Å².